The van der Waals surface area contributed by atoms with Crippen molar-refractivity contribution in [1.82, 2.24) is 0 Å². The van der Waals surface area contributed by atoms with E-state index in [2.05, 4.69) is 4.90 Å². The van der Waals surface area contributed by atoms with Crippen molar-refractivity contribution in [3.05, 3.63) is 23.8 Å². The topological polar surface area (TPSA) is 75.8 Å². The van der Waals surface area contributed by atoms with Crippen molar-refractivity contribution in [2.45, 2.75) is 6.42 Å². The highest BCUT2D eigenvalue weighted by molar-refractivity contribution is 5.90. The van der Waals surface area contributed by atoms with Crippen LogP contribution in [0.25, 0.3) is 0 Å². The summed E-state index contributed by atoms with van der Waals surface area (Å²) >= 11 is 0. The van der Waals surface area contributed by atoms with Crippen LogP contribution in [-0.4, -0.2) is 37.9 Å². The van der Waals surface area contributed by atoms with Gasteiger partial charge in [0, 0.05) is 26.1 Å². The van der Waals surface area contributed by atoms with Crippen molar-refractivity contribution < 1.29 is 14.6 Å². The van der Waals surface area contributed by atoms with E-state index < -0.39 is 5.97 Å². The number of nitrogens with zero attached hydrogens (tertiary/aromatic N) is 1. The summed E-state index contributed by atoms with van der Waals surface area (Å²) in [6.07, 6.45) is 1.05. The van der Waals surface area contributed by atoms with Crippen LogP contribution in [0.15, 0.2) is 18.2 Å². The third-order valence-electron chi connectivity index (χ3n) is 3.31. The molecule has 1 fully saturated rings. The molecule has 0 spiro atoms. The molecule has 1 aliphatic rings. The highest BCUT2D eigenvalue weighted by Gasteiger charge is 2.24. The lowest BCUT2D eigenvalue weighted by Crippen LogP contribution is -2.22. The summed E-state index contributed by atoms with van der Waals surface area (Å²) in [5, 5.41) is 9.00. The van der Waals surface area contributed by atoms with Crippen molar-refractivity contribution >= 4 is 17.3 Å². The van der Waals surface area contributed by atoms with E-state index in [4.69, 9.17) is 15.6 Å². The van der Waals surface area contributed by atoms with Gasteiger partial charge in [-0.1, -0.05) is 0 Å². The van der Waals surface area contributed by atoms with Gasteiger partial charge in [-0.3, -0.25) is 0 Å². The Morgan fingerprint density at radius 1 is 1.61 bits per heavy atom. The first-order valence-corrected chi connectivity index (χ1v) is 5.98. The minimum absolute atomic E-state index is 0.273. The Morgan fingerprint density at radius 3 is 3.06 bits per heavy atom. The van der Waals surface area contributed by atoms with Crippen LogP contribution >= 0.6 is 0 Å². The summed E-state index contributed by atoms with van der Waals surface area (Å²) in [6.45, 7) is 2.48. The maximum atomic E-state index is 11.0. The first-order valence-electron chi connectivity index (χ1n) is 5.98. The number of carboxylic acids is 1. The van der Waals surface area contributed by atoms with Crippen LogP contribution in [-0.2, 0) is 4.74 Å². The van der Waals surface area contributed by atoms with Crippen LogP contribution in [0.3, 0.4) is 0 Å². The molecule has 98 valence electrons. The number of carbonyl (C=O) groups is 1. The number of benzene rings is 1. The van der Waals surface area contributed by atoms with E-state index in [1.165, 1.54) is 6.07 Å². The van der Waals surface area contributed by atoms with E-state index >= 15 is 0 Å². The summed E-state index contributed by atoms with van der Waals surface area (Å²) < 4.78 is 5.15. The summed E-state index contributed by atoms with van der Waals surface area (Å²) in [5.41, 5.74) is 7.63. The number of nitrogens with two attached hydrogens (primary N) is 1. The van der Waals surface area contributed by atoms with Crippen LogP contribution in [0.1, 0.15) is 16.8 Å². The number of hydrogen-bond donors (Lipinski definition) is 2. The lowest BCUT2D eigenvalue weighted by Gasteiger charge is -2.21. The van der Waals surface area contributed by atoms with E-state index in [1.54, 1.807) is 19.2 Å². The standard InChI is InChI=1S/C13H18N2O3/c1-18-8-9-4-5-15(7-9)12-6-10(13(16)17)2-3-11(12)14/h2-3,6,9H,4-5,7-8,14H2,1H3,(H,16,17). The number of rotatable bonds is 4. The summed E-state index contributed by atoms with van der Waals surface area (Å²) in [7, 11) is 1.70. The predicted octanol–water partition coefficient (Wildman–Crippen LogP) is 1.44. The van der Waals surface area contributed by atoms with Gasteiger partial charge >= 0.3 is 5.97 Å². The smallest absolute Gasteiger partial charge is 0.335 e. The van der Waals surface area contributed by atoms with Gasteiger partial charge in [-0.05, 0) is 24.6 Å². The maximum Gasteiger partial charge on any atom is 0.335 e. The SMILES string of the molecule is COCC1CCN(c2cc(C(=O)O)ccc2N)C1. The fourth-order valence-electron chi connectivity index (χ4n) is 2.37. The number of anilines is 2. The Kier molecular flexibility index (Phi) is 3.72. The van der Waals surface area contributed by atoms with Crippen molar-refractivity contribution in [3.63, 3.8) is 0 Å². The average Bonchev–Trinajstić information content (AvgIpc) is 2.78. The van der Waals surface area contributed by atoms with Crippen molar-refractivity contribution in [3.8, 4) is 0 Å². The van der Waals surface area contributed by atoms with Gasteiger partial charge in [0.1, 0.15) is 0 Å². The van der Waals surface area contributed by atoms with Crippen LogP contribution in [0, 0.1) is 5.92 Å². The zero-order valence-corrected chi connectivity index (χ0v) is 10.4. The van der Waals surface area contributed by atoms with Gasteiger partial charge in [0.2, 0.25) is 0 Å². The summed E-state index contributed by atoms with van der Waals surface area (Å²) in [4.78, 5) is 13.1. The number of methoxy groups -OCH3 is 1. The molecule has 1 heterocycles. The number of nitrogen functional groups attached to an aromatic ring is 1. The molecule has 0 radical (unpaired) electrons. The Labute approximate surface area is 106 Å². The van der Waals surface area contributed by atoms with Crippen molar-refractivity contribution in [2.24, 2.45) is 5.92 Å². The molecule has 0 aromatic heterocycles. The Hall–Kier alpha value is -1.75. The van der Waals surface area contributed by atoms with Gasteiger partial charge in [-0.2, -0.15) is 0 Å². The Balaban J connectivity index is 2.18. The van der Waals surface area contributed by atoms with Crippen LogP contribution < -0.4 is 10.6 Å². The first kappa shape index (κ1) is 12.7. The Bertz CT molecular complexity index is 448. The number of ether oxygens (including phenoxy) is 1. The molecule has 0 amide bonds. The summed E-state index contributed by atoms with van der Waals surface area (Å²) in [6, 6.07) is 4.83. The molecule has 5 heteroatoms. The van der Waals surface area contributed by atoms with Gasteiger partial charge in [0.15, 0.2) is 0 Å². The zero-order valence-electron chi connectivity index (χ0n) is 10.4. The van der Waals surface area contributed by atoms with E-state index in [0.717, 1.165) is 31.8 Å². The van der Waals surface area contributed by atoms with Crippen molar-refractivity contribution in [2.75, 3.05) is 37.4 Å². The Morgan fingerprint density at radius 2 is 2.39 bits per heavy atom. The van der Waals surface area contributed by atoms with Crippen LogP contribution in [0.4, 0.5) is 11.4 Å². The summed E-state index contributed by atoms with van der Waals surface area (Å²) in [5.74, 6) is -0.438. The molecule has 1 aromatic carbocycles. The minimum Gasteiger partial charge on any atom is -0.478 e. The first-order chi connectivity index (χ1) is 8.61. The molecule has 1 atom stereocenters. The molecule has 0 saturated carbocycles. The van der Waals surface area contributed by atoms with E-state index in [0.29, 0.717) is 11.6 Å². The zero-order chi connectivity index (χ0) is 13.1. The molecule has 5 nitrogen and oxygen atoms in total. The molecule has 1 aliphatic heterocycles. The number of aromatic carboxylic acids is 1. The highest BCUT2D eigenvalue weighted by atomic mass is 16.5. The molecular formula is C13H18N2O3. The van der Waals surface area contributed by atoms with Gasteiger partial charge in [0.05, 0.1) is 23.5 Å². The largest absolute Gasteiger partial charge is 0.478 e. The molecule has 1 unspecified atom stereocenters. The third kappa shape index (κ3) is 2.56. The second kappa shape index (κ2) is 5.27. The quantitative estimate of drug-likeness (QED) is 0.791. The van der Waals surface area contributed by atoms with Gasteiger partial charge in [-0.25, -0.2) is 4.79 Å². The monoisotopic (exact) mass is 250 g/mol. The van der Waals surface area contributed by atoms with E-state index in [-0.39, 0.29) is 5.56 Å². The van der Waals surface area contributed by atoms with E-state index in [9.17, 15) is 4.79 Å². The van der Waals surface area contributed by atoms with Crippen molar-refractivity contribution in [1.29, 1.82) is 0 Å². The van der Waals surface area contributed by atoms with Gasteiger partial charge in [0.25, 0.3) is 0 Å². The van der Waals surface area contributed by atoms with Crippen LogP contribution in [0.2, 0.25) is 0 Å². The molecule has 2 rings (SSSR count). The fourth-order valence-corrected chi connectivity index (χ4v) is 2.37. The second-order valence-corrected chi connectivity index (χ2v) is 4.63. The lowest BCUT2D eigenvalue weighted by atomic mass is 10.1. The molecule has 0 aliphatic carbocycles. The number of hydrogen-bond acceptors (Lipinski definition) is 4. The molecule has 1 saturated heterocycles. The molecule has 1 aromatic rings. The normalized spacial score (nSPS) is 19.2. The maximum absolute atomic E-state index is 11.0. The molecule has 0 bridgehead atoms. The molecule has 18 heavy (non-hydrogen) atoms. The highest BCUT2D eigenvalue weighted by Crippen LogP contribution is 2.29. The molecular weight excluding hydrogens is 232 g/mol. The third-order valence-corrected chi connectivity index (χ3v) is 3.31. The van der Waals surface area contributed by atoms with E-state index in [1.807, 2.05) is 0 Å². The lowest BCUT2D eigenvalue weighted by molar-refractivity contribution is 0.0697. The van der Waals surface area contributed by atoms with Gasteiger partial charge < -0.3 is 20.5 Å². The fraction of sp³-hybridized carbons (Fsp3) is 0.462. The average molecular weight is 250 g/mol. The second-order valence-electron chi connectivity index (χ2n) is 4.63. The minimum atomic E-state index is -0.927. The predicted molar refractivity (Wildman–Crippen MR) is 70.0 cm³/mol. The number of carboxylic acid groups (broad SMARTS) is 1. The molecule has 3 N–H and O–H groups in total. The van der Waals surface area contributed by atoms with Crippen LogP contribution in [0.5, 0.6) is 0 Å². The van der Waals surface area contributed by atoms with Gasteiger partial charge in [-0.15, -0.1) is 0 Å².